The summed E-state index contributed by atoms with van der Waals surface area (Å²) in [5.41, 5.74) is 0.446. The molecule has 2 nitrogen and oxygen atoms in total. The molecule has 0 fully saturated rings. The van der Waals surface area contributed by atoms with Gasteiger partial charge in [-0.2, -0.15) is 0 Å². The quantitative estimate of drug-likeness (QED) is 0.777. The van der Waals surface area contributed by atoms with Crippen LogP contribution in [0.5, 0.6) is 5.75 Å². The molecule has 1 aromatic rings. The Balaban J connectivity index is 2.99. The van der Waals surface area contributed by atoms with Crippen molar-refractivity contribution in [2.75, 3.05) is 7.11 Å². The van der Waals surface area contributed by atoms with Gasteiger partial charge in [0.15, 0.2) is 0 Å². The Labute approximate surface area is 95.1 Å². The van der Waals surface area contributed by atoms with Crippen molar-refractivity contribution in [2.45, 2.75) is 20.0 Å². The number of hydrogen-bond acceptors (Lipinski definition) is 2. The summed E-state index contributed by atoms with van der Waals surface area (Å²) >= 11 is 0. The Kier molecular flexibility index (Phi) is 4.33. The third kappa shape index (κ3) is 3.25. The maximum Gasteiger partial charge on any atom is 0.134 e. The van der Waals surface area contributed by atoms with E-state index >= 15 is 0 Å². The maximum absolute atomic E-state index is 13.0. The molecule has 0 aliphatic heterocycles. The van der Waals surface area contributed by atoms with Gasteiger partial charge in [0.2, 0.25) is 0 Å². The highest BCUT2D eigenvalue weighted by Gasteiger charge is 2.05. The lowest BCUT2D eigenvalue weighted by molar-refractivity contribution is 0.181. The third-order valence-corrected chi connectivity index (χ3v) is 2.15. The van der Waals surface area contributed by atoms with Crippen LogP contribution in [-0.4, -0.2) is 18.3 Å². The van der Waals surface area contributed by atoms with Crippen LogP contribution < -0.4 is 4.74 Å². The molecule has 1 aromatic carbocycles. The van der Waals surface area contributed by atoms with E-state index in [9.17, 15) is 9.50 Å². The smallest absolute Gasteiger partial charge is 0.134 e. The van der Waals surface area contributed by atoms with E-state index in [0.29, 0.717) is 11.3 Å². The summed E-state index contributed by atoms with van der Waals surface area (Å²) in [6.07, 6.45) is -0.715. The van der Waals surface area contributed by atoms with Gasteiger partial charge in [0.25, 0.3) is 0 Å². The highest BCUT2D eigenvalue weighted by Crippen LogP contribution is 2.18. The van der Waals surface area contributed by atoms with Crippen molar-refractivity contribution in [2.24, 2.45) is 5.92 Å². The standard InChI is InChI=1S/C13H15FO2/c1-9(2)12(15)6-4-10-8-11(14)5-7-13(10)16-3/h5,7-9,12,15H,1-3H3. The molecule has 3 heteroatoms. The molecule has 0 bridgehead atoms. The van der Waals surface area contributed by atoms with Crippen molar-refractivity contribution in [3.8, 4) is 17.6 Å². The predicted octanol–water partition coefficient (Wildman–Crippen LogP) is 2.20. The minimum atomic E-state index is -0.715. The number of hydrogen-bond donors (Lipinski definition) is 1. The summed E-state index contributed by atoms with van der Waals surface area (Å²) in [5, 5.41) is 9.51. The van der Waals surface area contributed by atoms with E-state index in [-0.39, 0.29) is 11.7 Å². The first-order valence-corrected chi connectivity index (χ1v) is 5.07. The molecule has 1 rings (SSSR count). The van der Waals surface area contributed by atoms with Gasteiger partial charge in [0.05, 0.1) is 12.7 Å². The van der Waals surface area contributed by atoms with Crippen LogP contribution in [0.2, 0.25) is 0 Å². The first-order valence-electron chi connectivity index (χ1n) is 5.07. The average Bonchev–Trinajstić information content (AvgIpc) is 2.25. The summed E-state index contributed by atoms with van der Waals surface area (Å²) in [5.74, 6) is 5.56. The SMILES string of the molecule is COc1ccc(F)cc1C#CC(O)C(C)C. The molecule has 0 amide bonds. The molecule has 86 valence electrons. The van der Waals surface area contributed by atoms with Crippen LogP contribution >= 0.6 is 0 Å². The Bertz CT molecular complexity index is 416. The number of methoxy groups -OCH3 is 1. The van der Waals surface area contributed by atoms with Gasteiger partial charge in [-0.25, -0.2) is 4.39 Å². The Hall–Kier alpha value is -1.53. The second kappa shape index (κ2) is 5.53. The van der Waals surface area contributed by atoms with E-state index < -0.39 is 6.10 Å². The summed E-state index contributed by atoms with van der Waals surface area (Å²) < 4.78 is 18.0. The van der Waals surface area contributed by atoms with Gasteiger partial charge >= 0.3 is 0 Å². The van der Waals surface area contributed by atoms with Crippen LogP contribution in [0, 0.1) is 23.6 Å². The van der Waals surface area contributed by atoms with Gasteiger partial charge in [0.1, 0.15) is 17.7 Å². The number of aliphatic hydroxyl groups is 1. The van der Waals surface area contributed by atoms with Crippen molar-refractivity contribution in [1.82, 2.24) is 0 Å². The summed E-state index contributed by atoms with van der Waals surface area (Å²) in [4.78, 5) is 0. The van der Waals surface area contributed by atoms with Crippen molar-refractivity contribution in [3.05, 3.63) is 29.6 Å². The van der Waals surface area contributed by atoms with Gasteiger partial charge < -0.3 is 9.84 Å². The molecule has 1 N–H and O–H groups in total. The molecular formula is C13H15FO2. The molecule has 16 heavy (non-hydrogen) atoms. The largest absolute Gasteiger partial charge is 0.495 e. The molecule has 0 aliphatic carbocycles. The van der Waals surface area contributed by atoms with E-state index in [2.05, 4.69) is 11.8 Å². The van der Waals surface area contributed by atoms with Gasteiger partial charge in [0, 0.05) is 0 Å². The highest BCUT2D eigenvalue weighted by molar-refractivity contribution is 5.46. The van der Waals surface area contributed by atoms with Gasteiger partial charge in [-0.05, 0) is 24.1 Å². The normalized spacial score (nSPS) is 11.9. The second-order valence-corrected chi connectivity index (χ2v) is 3.80. The lowest BCUT2D eigenvalue weighted by Gasteiger charge is -2.06. The highest BCUT2D eigenvalue weighted by atomic mass is 19.1. The van der Waals surface area contributed by atoms with Gasteiger partial charge in [-0.15, -0.1) is 0 Å². The van der Waals surface area contributed by atoms with Gasteiger partial charge in [-0.3, -0.25) is 0 Å². The number of ether oxygens (including phenoxy) is 1. The van der Waals surface area contributed by atoms with Crippen LogP contribution in [-0.2, 0) is 0 Å². The first-order chi connectivity index (χ1) is 7.54. The maximum atomic E-state index is 13.0. The number of rotatable bonds is 2. The predicted molar refractivity (Wildman–Crippen MR) is 60.7 cm³/mol. The Morgan fingerprint density at radius 2 is 2.06 bits per heavy atom. The Morgan fingerprint density at radius 1 is 1.38 bits per heavy atom. The van der Waals surface area contributed by atoms with Gasteiger partial charge in [-0.1, -0.05) is 25.7 Å². The fraction of sp³-hybridized carbons (Fsp3) is 0.385. The first kappa shape index (κ1) is 12.5. The number of benzene rings is 1. The Morgan fingerprint density at radius 3 is 2.62 bits per heavy atom. The van der Waals surface area contributed by atoms with Crippen LogP contribution in [0.4, 0.5) is 4.39 Å². The zero-order valence-electron chi connectivity index (χ0n) is 9.62. The monoisotopic (exact) mass is 222 g/mol. The fourth-order valence-corrected chi connectivity index (χ4v) is 1.10. The molecule has 1 atom stereocenters. The topological polar surface area (TPSA) is 29.5 Å². The van der Waals surface area contributed by atoms with E-state index in [1.54, 1.807) is 0 Å². The molecule has 0 heterocycles. The van der Waals surface area contributed by atoms with Crippen molar-refractivity contribution in [3.63, 3.8) is 0 Å². The van der Waals surface area contributed by atoms with Crippen LogP contribution in [0.25, 0.3) is 0 Å². The summed E-state index contributed by atoms with van der Waals surface area (Å²) in [6, 6.07) is 4.11. The molecular weight excluding hydrogens is 207 g/mol. The van der Waals surface area contributed by atoms with E-state index in [4.69, 9.17) is 4.74 Å². The zero-order chi connectivity index (χ0) is 12.1. The minimum Gasteiger partial charge on any atom is -0.495 e. The molecule has 0 aromatic heterocycles. The zero-order valence-corrected chi connectivity index (χ0v) is 9.62. The molecule has 0 saturated carbocycles. The minimum absolute atomic E-state index is 0.0482. The van der Waals surface area contributed by atoms with E-state index in [1.807, 2.05) is 13.8 Å². The lowest BCUT2D eigenvalue weighted by atomic mass is 10.1. The van der Waals surface area contributed by atoms with Crippen LogP contribution in [0.3, 0.4) is 0 Å². The van der Waals surface area contributed by atoms with Crippen molar-refractivity contribution < 1.29 is 14.2 Å². The molecule has 0 radical (unpaired) electrons. The van der Waals surface area contributed by atoms with E-state index in [1.165, 1.54) is 25.3 Å². The van der Waals surface area contributed by atoms with Crippen molar-refractivity contribution in [1.29, 1.82) is 0 Å². The second-order valence-electron chi connectivity index (χ2n) is 3.80. The van der Waals surface area contributed by atoms with Crippen LogP contribution in [0.15, 0.2) is 18.2 Å². The fourth-order valence-electron chi connectivity index (χ4n) is 1.10. The molecule has 0 spiro atoms. The van der Waals surface area contributed by atoms with Crippen LogP contribution in [0.1, 0.15) is 19.4 Å². The molecule has 0 aliphatic rings. The van der Waals surface area contributed by atoms with Crippen molar-refractivity contribution >= 4 is 0 Å². The summed E-state index contributed by atoms with van der Waals surface area (Å²) in [6.45, 7) is 3.73. The lowest BCUT2D eigenvalue weighted by Crippen LogP contribution is -2.11. The summed E-state index contributed by atoms with van der Waals surface area (Å²) in [7, 11) is 1.50. The molecule has 1 unspecified atom stereocenters. The molecule has 0 saturated heterocycles. The third-order valence-electron chi connectivity index (χ3n) is 2.15. The number of aliphatic hydroxyl groups excluding tert-OH is 1. The average molecular weight is 222 g/mol. The van der Waals surface area contributed by atoms with E-state index in [0.717, 1.165) is 0 Å². The number of halogens is 1.